The van der Waals surface area contributed by atoms with Crippen molar-refractivity contribution in [1.29, 1.82) is 0 Å². The maximum Gasteiger partial charge on any atom is 0.249 e. The Morgan fingerprint density at radius 2 is 1.79 bits per heavy atom. The van der Waals surface area contributed by atoms with Crippen molar-refractivity contribution in [3.63, 3.8) is 0 Å². The molecule has 3 N–H and O–H groups in total. The summed E-state index contributed by atoms with van der Waals surface area (Å²) in [5.41, 5.74) is 3.36. The Hall–Kier alpha value is -3.15. The number of hydrogen-bond acceptors (Lipinski definition) is 5. The summed E-state index contributed by atoms with van der Waals surface area (Å²) in [7, 11) is 0. The number of benzene rings is 1. The topological polar surface area (TPSA) is 102 Å². The second-order valence-electron chi connectivity index (χ2n) is 11.4. The van der Waals surface area contributed by atoms with Crippen LogP contribution in [0, 0.1) is 31.6 Å². The number of aryl methyl sites for hydroxylation is 2. The number of carbonyl (C=O) groups excluding carboxylic acids is 2. The molecule has 2 aliphatic heterocycles. The van der Waals surface area contributed by atoms with Crippen LogP contribution in [-0.2, 0) is 9.59 Å². The van der Waals surface area contributed by atoms with Crippen LogP contribution < -0.4 is 5.32 Å². The van der Waals surface area contributed by atoms with Crippen molar-refractivity contribution in [2.24, 2.45) is 5.92 Å². The molecular formula is C31H41N5O3. The fourth-order valence-corrected chi connectivity index (χ4v) is 7.01. The lowest BCUT2D eigenvalue weighted by molar-refractivity contribution is -0.165. The molecule has 2 aromatic rings. The molecule has 8 nitrogen and oxygen atoms in total. The van der Waals surface area contributed by atoms with Crippen LogP contribution in [0.15, 0.2) is 30.3 Å². The first-order valence-electron chi connectivity index (χ1n) is 14.4. The molecule has 1 unspecified atom stereocenters. The SMILES string of the molecule is CC#CCN1C(=O)[C@@H]([C@H](O)C2CCCCC2)NC(=O)C12CCN(C(c1ccccc1)c1c(C)n[nH]c1C)CC2. The van der Waals surface area contributed by atoms with Crippen molar-refractivity contribution in [3.05, 3.63) is 52.8 Å². The monoisotopic (exact) mass is 531 g/mol. The quantitative estimate of drug-likeness (QED) is 0.497. The van der Waals surface area contributed by atoms with Gasteiger partial charge in [-0.15, -0.1) is 5.92 Å². The molecular weight excluding hydrogens is 490 g/mol. The van der Waals surface area contributed by atoms with Gasteiger partial charge in [-0.1, -0.05) is 55.5 Å². The van der Waals surface area contributed by atoms with Crippen LogP contribution in [0.5, 0.6) is 0 Å². The Kier molecular flexibility index (Phi) is 8.11. The number of hydrogen-bond donors (Lipinski definition) is 3. The van der Waals surface area contributed by atoms with Gasteiger partial charge in [-0.3, -0.25) is 19.6 Å². The molecule has 2 amide bonds. The molecule has 3 aliphatic rings. The summed E-state index contributed by atoms with van der Waals surface area (Å²) >= 11 is 0. The van der Waals surface area contributed by atoms with E-state index in [1.165, 1.54) is 5.56 Å². The third-order valence-electron chi connectivity index (χ3n) is 9.21. The number of carbonyl (C=O) groups is 2. The van der Waals surface area contributed by atoms with E-state index in [9.17, 15) is 14.7 Å². The molecule has 3 fully saturated rings. The third kappa shape index (κ3) is 5.10. The maximum absolute atomic E-state index is 13.9. The molecule has 1 aliphatic carbocycles. The van der Waals surface area contributed by atoms with Gasteiger partial charge in [0.1, 0.15) is 11.6 Å². The predicted molar refractivity (Wildman–Crippen MR) is 150 cm³/mol. The summed E-state index contributed by atoms with van der Waals surface area (Å²) < 4.78 is 0. The molecule has 3 heterocycles. The number of piperidine rings is 1. The molecule has 1 aromatic heterocycles. The van der Waals surface area contributed by atoms with Gasteiger partial charge in [0.2, 0.25) is 11.8 Å². The summed E-state index contributed by atoms with van der Waals surface area (Å²) in [5, 5.41) is 21.8. The van der Waals surface area contributed by atoms with Crippen LogP contribution in [0.4, 0.5) is 0 Å². The van der Waals surface area contributed by atoms with E-state index >= 15 is 0 Å². The van der Waals surface area contributed by atoms with Gasteiger partial charge >= 0.3 is 0 Å². The Morgan fingerprint density at radius 1 is 1.10 bits per heavy atom. The fourth-order valence-electron chi connectivity index (χ4n) is 7.01. The zero-order chi connectivity index (χ0) is 27.6. The van der Waals surface area contributed by atoms with Gasteiger partial charge in [0.15, 0.2) is 0 Å². The predicted octanol–water partition coefficient (Wildman–Crippen LogP) is 3.24. The van der Waals surface area contributed by atoms with Gasteiger partial charge < -0.3 is 15.3 Å². The molecule has 39 heavy (non-hydrogen) atoms. The number of nitrogens with one attached hydrogen (secondary N) is 2. The van der Waals surface area contributed by atoms with Crippen LogP contribution in [0.2, 0.25) is 0 Å². The standard InChI is InChI=1S/C31H41N5O3/c1-4-5-18-36-29(38)26(28(37)24-14-10-7-11-15-24)32-30(39)31(36)16-19-35(20-17-31)27(23-12-8-6-9-13-23)25-21(2)33-34-22(25)3/h6,8-9,12-13,24,26-28,37H,7,10-11,14-20H2,1-3H3,(H,32,39)(H,33,34)/t26-,27?,28-/m1/s1. The van der Waals surface area contributed by atoms with E-state index in [1.54, 1.807) is 11.8 Å². The molecule has 8 heteroatoms. The zero-order valence-electron chi connectivity index (χ0n) is 23.4. The van der Waals surface area contributed by atoms with E-state index in [2.05, 4.69) is 56.5 Å². The zero-order valence-corrected chi connectivity index (χ0v) is 23.4. The van der Waals surface area contributed by atoms with E-state index in [0.29, 0.717) is 25.9 Å². The van der Waals surface area contributed by atoms with Gasteiger partial charge in [0.25, 0.3) is 0 Å². The molecule has 0 bridgehead atoms. The fraction of sp³-hybridized carbons (Fsp3) is 0.581. The molecule has 5 rings (SSSR count). The highest BCUT2D eigenvalue weighted by atomic mass is 16.3. The summed E-state index contributed by atoms with van der Waals surface area (Å²) in [6.45, 7) is 7.28. The second kappa shape index (κ2) is 11.5. The number of aromatic nitrogens is 2. The average Bonchev–Trinajstić information content (AvgIpc) is 3.30. The third-order valence-corrected chi connectivity index (χ3v) is 9.21. The first kappa shape index (κ1) is 27.4. The Morgan fingerprint density at radius 3 is 2.41 bits per heavy atom. The number of aliphatic hydroxyl groups excluding tert-OH is 1. The molecule has 1 aromatic carbocycles. The maximum atomic E-state index is 13.9. The van der Waals surface area contributed by atoms with Gasteiger partial charge in [0.05, 0.1) is 24.4 Å². The van der Waals surface area contributed by atoms with Crippen molar-refractivity contribution in [2.75, 3.05) is 19.6 Å². The first-order valence-corrected chi connectivity index (χ1v) is 14.4. The lowest BCUT2D eigenvalue weighted by Gasteiger charge is -2.53. The Bertz CT molecular complexity index is 1210. The van der Waals surface area contributed by atoms with Crippen molar-refractivity contribution in [3.8, 4) is 11.8 Å². The number of aromatic amines is 1. The first-order chi connectivity index (χ1) is 18.9. The second-order valence-corrected chi connectivity index (χ2v) is 11.4. The Labute approximate surface area is 231 Å². The van der Waals surface area contributed by atoms with Crippen LogP contribution in [-0.4, -0.2) is 74.2 Å². The minimum atomic E-state index is -0.970. The lowest BCUT2D eigenvalue weighted by atomic mass is 9.77. The van der Waals surface area contributed by atoms with E-state index in [0.717, 1.165) is 49.1 Å². The van der Waals surface area contributed by atoms with Gasteiger partial charge in [-0.2, -0.15) is 5.10 Å². The van der Waals surface area contributed by atoms with Gasteiger partial charge in [-0.05, 0) is 57.9 Å². The highest BCUT2D eigenvalue weighted by Crippen LogP contribution is 2.40. The van der Waals surface area contributed by atoms with E-state index in [-0.39, 0.29) is 30.3 Å². The smallest absolute Gasteiger partial charge is 0.249 e. The van der Waals surface area contributed by atoms with E-state index in [1.807, 2.05) is 19.9 Å². The summed E-state index contributed by atoms with van der Waals surface area (Å²) in [6, 6.07) is 9.48. The van der Waals surface area contributed by atoms with Gasteiger partial charge in [0, 0.05) is 24.3 Å². The number of amides is 2. The molecule has 2 saturated heterocycles. The largest absolute Gasteiger partial charge is 0.390 e. The highest BCUT2D eigenvalue weighted by Gasteiger charge is 2.55. The normalized spacial score (nSPS) is 23.7. The van der Waals surface area contributed by atoms with E-state index < -0.39 is 17.7 Å². The van der Waals surface area contributed by atoms with Crippen molar-refractivity contribution in [1.82, 2.24) is 25.3 Å². The lowest BCUT2D eigenvalue weighted by Crippen LogP contribution is -2.75. The number of H-pyrrole nitrogens is 1. The molecule has 1 spiro atoms. The summed E-state index contributed by atoms with van der Waals surface area (Å²) in [6.07, 6.45) is 5.19. The molecule has 1 saturated carbocycles. The molecule has 3 atom stereocenters. The van der Waals surface area contributed by atoms with Gasteiger partial charge in [-0.25, -0.2) is 0 Å². The summed E-state index contributed by atoms with van der Waals surface area (Å²) in [4.78, 5) is 31.9. The Balaban J connectivity index is 1.41. The number of aliphatic hydroxyl groups is 1. The van der Waals surface area contributed by atoms with Crippen LogP contribution >= 0.6 is 0 Å². The highest BCUT2D eigenvalue weighted by molar-refractivity contribution is 6.00. The number of nitrogens with zero attached hydrogens (tertiary/aromatic N) is 3. The van der Waals surface area contributed by atoms with Crippen molar-refractivity contribution >= 4 is 11.8 Å². The minimum Gasteiger partial charge on any atom is -0.390 e. The van der Waals surface area contributed by atoms with Crippen LogP contribution in [0.1, 0.15) is 80.4 Å². The van der Waals surface area contributed by atoms with Crippen LogP contribution in [0.3, 0.4) is 0 Å². The minimum absolute atomic E-state index is 0.00518. The number of piperazine rings is 1. The number of rotatable bonds is 6. The molecule has 0 radical (unpaired) electrons. The average molecular weight is 532 g/mol. The summed E-state index contributed by atoms with van der Waals surface area (Å²) in [5.74, 6) is 5.62. The van der Waals surface area contributed by atoms with Crippen molar-refractivity contribution < 1.29 is 14.7 Å². The van der Waals surface area contributed by atoms with Crippen molar-refractivity contribution in [2.45, 2.75) is 89.4 Å². The molecule has 208 valence electrons. The van der Waals surface area contributed by atoms with Crippen LogP contribution in [0.25, 0.3) is 0 Å². The number of likely N-dealkylation sites (tertiary alicyclic amines) is 1. The van der Waals surface area contributed by atoms with E-state index in [4.69, 9.17) is 0 Å².